The number of rotatable bonds is 0. The Hall–Kier alpha value is 0. The maximum absolute atomic E-state index is 1.59. The first-order chi connectivity index (χ1) is 5.97. The van der Waals surface area contributed by atoms with Crippen LogP contribution in [0.25, 0.3) is 0 Å². The van der Waals surface area contributed by atoms with E-state index in [1.165, 1.54) is 30.1 Å². The summed E-state index contributed by atoms with van der Waals surface area (Å²) in [5.41, 5.74) is 0. The zero-order valence-corrected chi connectivity index (χ0v) is 7.97. The fourth-order valence-corrected chi connectivity index (χ4v) is 4.36. The fourth-order valence-electron chi connectivity index (χ4n) is 4.36. The Morgan fingerprint density at radius 1 is 0.417 bits per heavy atom. The van der Waals surface area contributed by atoms with Crippen molar-refractivity contribution in [1.29, 1.82) is 0 Å². The number of hydrogen-bond donors (Lipinski definition) is 0. The van der Waals surface area contributed by atoms with Crippen LogP contribution in [0.15, 0.2) is 0 Å². The molecule has 3 aliphatic rings. The lowest BCUT2D eigenvalue weighted by molar-refractivity contribution is -0.00282. The number of fused-ring (bicyclic) bond motifs is 4. The lowest BCUT2D eigenvalue weighted by Gasteiger charge is -2.49. The van der Waals surface area contributed by atoms with Gasteiger partial charge < -0.3 is 0 Å². The Bertz CT molecular complexity index is 155. The molecule has 0 aliphatic heterocycles. The van der Waals surface area contributed by atoms with Crippen LogP contribution in [-0.2, 0) is 0 Å². The van der Waals surface area contributed by atoms with E-state index in [-0.39, 0.29) is 0 Å². The molecule has 0 saturated heterocycles. The van der Waals surface area contributed by atoms with Crippen LogP contribution in [-0.4, -0.2) is 0 Å². The van der Waals surface area contributed by atoms with Crippen molar-refractivity contribution < 1.29 is 0 Å². The molecule has 3 aliphatic carbocycles. The molecule has 0 nitrogen and oxygen atoms in total. The summed E-state index contributed by atoms with van der Waals surface area (Å²) < 4.78 is 0. The van der Waals surface area contributed by atoms with E-state index in [0.717, 1.165) is 0 Å². The minimum Gasteiger partial charge on any atom is -0.0533 e. The summed E-state index contributed by atoms with van der Waals surface area (Å²) in [6.07, 6.45) is 12.5. The molecule has 2 unspecified atom stereocenters. The second-order valence-corrected chi connectivity index (χ2v) is 5.22. The van der Waals surface area contributed by atoms with Crippen LogP contribution >= 0.6 is 0 Å². The molecule has 0 aromatic carbocycles. The second-order valence-electron chi connectivity index (χ2n) is 5.22. The quantitative estimate of drug-likeness (QED) is 0.513. The summed E-state index contributed by atoms with van der Waals surface area (Å²) >= 11 is 0. The van der Waals surface area contributed by atoms with Crippen molar-refractivity contribution in [3.05, 3.63) is 0 Å². The molecule has 0 N–H and O–H groups in total. The molecular weight excluding hydrogens is 144 g/mol. The van der Waals surface area contributed by atoms with Gasteiger partial charge in [0.1, 0.15) is 0 Å². The van der Waals surface area contributed by atoms with Crippen LogP contribution in [0, 0.1) is 23.7 Å². The first kappa shape index (κ1) is 7.41. The Balaban J connectivity index is 1.75. The molecule has 0 radical (unpaired) electrons. The van der Waals surface area contributed by atoms with E-state index in [9.17, 15) is 0 Å². The minimum atomic E-state index is 1.19. The van der Waals surface area contributed by atoms with Crippen LogP contribution < -0.4 is 0 Å². The zero-order chi connectivity index (χ0) is 7.97. The van der Waals surface area contributed by atoms with Crippen LogP contribution in [0.5, 0.6) is 0 Å². The molecule has 0 heterocycles. The van der Waals surface area contributed by atoms with Crippen LogP contribution in [0.4, 0.5) is 0 Å². The van der Waals surface area contributed by atoms with E-state index in [1.54, 1.807) is 44.9 Å². The lowest BCUT2D eigenvalue weighted by Crippen LogP contribution is -2.42. The van der Waals surface area contributed by atoms with Crippen molar-refractivity contribution in [3.8, 4) is 0 Å². The van der Waals surface area contributed by atoms with Gasteiger partial charge in [-0.3, -0.25) is 0 Å². The fraction of sp³-hybridized carbons (Fsp3) is 1.00. The van der Waals surface area contributed by atoms with Crippen LogP contribution in [0.1, 0.15) is 51.4 Å². The molecule has 0 amide bonds. The topological polar surface area (TPSA) is 0 Å². The monoisotopic (exact) mass is 164 g/mol. The number of hydrogen-bond acceptors (Lipinski definition) is 0. The minimum absolute atomic E-state index is 1.19. The van der Waals surface area contributed by atoms with Crippen molar-refractivity contribution in [2.75, 3.05) is 0 Å². The predicted molar refractivity (Wildman–Crippen MR) is 50.9 cm³/mol. The molecule has 0 aromatic heterocycles. The average Bonchev–Trinajstić information content (AvgIpc) is 2.37. The largest absolute Gasteiger partial charge is 0.0533 e. The SMILES string of the molecule is C1CC[C@@H]2C3CCCC3[C@@H]2CC1. The highest BCUT2D eigenvalue weighted by Gasteiger charge is 2.51. The van der Waals surface area contributed by atoms with Gasteiger partial charge in [0.25, 0.3) is 0 Å². The van der Waals surface area contributed by atoms with Gasteiger partial charge in [-0.2, -0.15) is 0 Å². The van der Waals surface area contributed by atoms with E-state index in [0.29, 0.717) is 0 Å². The summed E-state index contributed by atoms with van der Waals surface area (Å²) in [5, 5.41) is 0. The van der Waals surface area contributed by atoms with E-state index in [4.69, 9.17) is 0 Å². The summed E-state index contributed by atoms with van der Waals surface area (Å²) in [6, 6.07) is 0. The highest BCUT2D eigenvalue weighted by atomic mass is 14.6. The average molecular weight is 164 g/mol. The molecule has 0 aromatic rings. The van der Waals surface area contributed by atoms with E-state index in [1.807, 2.05) is 0 Å². The van der Waals surface area contributed by atoms with Crippen molar-refractivity contribution >= 4 is 0 Å². The Labute approximate surface area is 75.7 Å². The van der Waals surface area contributed by atoms with Gasteiger partial charge in [0, 0.05) is 0 Å². The Kier molecular flexibility index (Phi) is 1.70. The van der Waals surface area contributed by atoms with Gasteiger partial charge in [0.15, 0.2) is 0 Å². The van der Waals surface area contributed by atoms with Crippen molar-refractivity contribution in [3.63, 3.8) is 0 Å². The zero-order valence-electron chi connectivity index (χ0n) is 7.97. The summed E-state index contributed by atoms with van der Waals surface area (Å²) in [7, 11) is 0. The van der Waals surface area contributed by atoms with Crippen molar-refractivity contribution in [1.82, 2.24) is 0 Å². The maximum Gasteiger partial charge on any atom is -0.0352 e. The summed E-state index contributed by atoms with van der Waals surface area (Å²) in [5.74, 6) is 4.79. The van der Waals surface area contributed by atoms with Crippen LogP contribution in [0.2, 0.25) is 0 Å². The molecule has 3 saturated carbocycles. The van der Waals surface area contributed by atoms with Gasteiger partial charge >= 0.3 is 0 Å². The molecule has 3 rings (SSSR count). The lowest BCUT2D eigenvalue weighted by atomic mass is 9.56. The van der Waals surface area contributed by atoms with E-state index in [2.05, 4.69) is 0 Å². The second kappa shape index (κ2) is 2.75. The summed E-state index contributed by atoms with van der Waals surface area (Å²) in [6.45, 7) is 0. The van der Waals surface area contributed by atoms with Gasteiger partial charge in [0.05, 0.1) is 0 Å². The smallest absolute Gasteiger partial charge is 0.0352 e. The third kappa shape index (κ3) is 0.900. The van der Waals surface area contributed by atoms with Gasteiger partial charge in [-0.1, -0.05) is 25.7 Å². The van der Waals surface area contributed by atoms with Crippen LogP contribution in [0.3, 0.4) is 0 Å². The summed E-state index contributed by atoms with van der Waals surface area (Å²) in [4.78, 5) is 0. The van der Waals surface area contributed by atoms with Crippen molar-refractivity contribution in [2.45, 2.75) is 51.4 Å². The molecule has 68 valence electrons. The molecule has 0 heteroatoms. The standard InChI is InChI=1S/C12H20/c1-2-5-9-10(6-3-1)12-8-4-7-11(9)12/h9-12H,1-8H2/t9-,10+,11?,12?. The van der Waals surface area contributed by atoms with Gasteiger partial charge in [-0.05, 0) is 49.4 Å². The first-order valence-corrected chi connectivity index (χ1v) is 5.97. The molecule has 12 heavy (non-hydrogen) atoms. The highest BCUT2D eigenvalue weighted by Crippen LogP contribution is 2.59. The van der Waals surface area contributed by atoms with E-state index < -0.39 is 0 Å². The molecular formula is C12H20. The van der Waals surface area contributed by atoms with Crippen molar-refractivity contribution in [2.24, 2.45) is 23.7 Å². The third-order valence-corrected chi connectivity index (χ3v) is 4.85. The molecule has 4 atom stereocenters. The first-order valence-electron chi connectivity index (χ1n) is 5.97. The molecule has 0 bridgehead atoms. The van der Waals surface area contributed by atoms with Gasteiger partial charge in [0.2, 0.25) is 0 Å². The Morgan fingerprint density at radius 2 is 0.833 bits per heavy atom. The highest BCUT2D eigenvalue weighted by molar-refractivity contribution is 5.00. The third-order valence-electron chi connectivity index (χ3n) is 4.85. The predicted octanol–water partition coefficient (Wildman–Crippen LogP) is 3.61. The normalized spacial score (nSPS) is 52.0. The Morgan fingerprint density at radius 3 is 1.33 bits per heavy atom. The van der Waals surface area contributed by atoms with Gasteiger partial charge in [-0.15, -0.1) is 0 Å². The maximum atomic E-state index is 1.59. The molecule has 3 fully saturated rings. The van der Waals surface area contributed by atoms with Gasteiger partial charge in [-0.25, -0.2) is 0 Å². The molecule has 0 spiro atoms. The van der Waals surface area contributed by atoms with E-state index >= 15 is 0 Å².